The molecule has 0 radical (unpaired) electrons. The summed E-state index contributed by atoms with van der Waals surface area (Å²) in [6.45, 7) is 0.639. The minimum Gasteiger partial charge on any atom is -0.395 e. The van der Waals surface area contributed by atoms with Crippen LogP contribution in [-0.4, -0.2) is 43.6 Å². The maximum atomic E-state index is 12.7. The number of carbonyl (C=O) groups is 1. The molecular formula is C18H18N4O2. The van der Waals surface area contributed by atoms with Crippen molar-refractivity contribution >= 4 is 5.91 Å². The Bertz CT molecular complexity index is 771. The van der Waals surface area contributed by atoms with E-state index in [1.807, 2.05) is 30.3 Å². The van der Waals surface area contributed by atoms with Crippen molar-refractivity contribution in [1.29, 1.82) is 0 Å². The lowest BCUT2D eigenvalue weighted by Gasteiger charge is -2.22. The molecule has 0 aliphatic carbocycles. The van der Waals surface area contributed by atoms with Crippen LogP contribution in [0.2, 0.25) is 0 Å². The molecule has 0 spiro atoms. The smallest absolute Gasteiger partial charge is 0.255 e. The van der Waals surface area contributed by atoms with Crippen molar-refractivity contribution in [1.82, 2.24) is 19.4 Å². The molecule has 0 bridgehead atoms. The van der Waals surface area contributed by atoms with Crippen LogP contribution in [0.15, 0.2) is 67.4 Å². The van der Waals surface area contributed by atoms with Crippen molar-refractivity contribution in [3.8, 4) is 5.82 Å². The fraction of sp³-hybridized carbons (Fsp3) is 0.167. The first-order valence-electron chi connectivity index (χ1n) is 7.66. The predicted molar refractivity (Wildman–Crippen MR) is 89.6 cm³/mol. The van der Waals surface area contributed by atoms with Gasteiger partial charge in [-0.25, -0.2) is 9.97 Å². The Labute approximate surface area is 140 Å². The van der Waals surface area contributed by atoms with Crippen LogP contribution in [0.3, 0.4) is 0 Å². The summed E-state index contributed by atoms with van der Waals surface area (Å²) in [5, 5.41) is 9.26. The summed E-state index contributed by atoms with van der Waals surface area (Å²) in [6.07, 6.45) is 6.66. The molecule has 0 aliphatic heterocycles. The van der Waals surface area contributed by atoms with Gasteiger partial charge in [-0.15, -0.1) is 0 Å². The van der Waals surface area contributed by atoms with Crippen LogP contribution < -0.4 is 0 Å². The number of imidazole rings is 1. The number of aliphatic hydroxyl groups is 1. The topological polar surface area (TPSA) is 71.2 Å². The zero-order chi connectivity index (χ0) is 16.8. The van der Waals surface area contributed by atoms with Gasteiger partial charge in [0, 0.05) is 31.7 Å². The highest BCUT2D eigenvalue weighted by molar-refractivity contribution is 5.94. The van der Waals surface area contributed by atoms with Crippen LogP contribution in [-0.2, 0) is 6.54 Å². The van der Waals surface area contributed by atoms with Crippen LogP contribution in [0.5, 0.6) is 0 Å². The second-order valence-electron chi connectivity index (χ2n) is 5.31. The van der Waals surface area contributed by atoms with Crippen LogP contribution in [0.25, 0.3) is 5.82 Å². The summed E-state index contributed by atoms with van der Waals surface area (Å²) in [4.78, 5) is 22.6. The molecule has 1 aromatic carbocycles. The number of aromatic nitrogens is 3. The van der Waals surface area contributed by atoms with E-state index in [1.165, 1.54) is 0 Å². The molecule has 6 nitrogen and oxygen atoms in total. The first-order valence-corrected chi connectivity index (χ1v) is 7.66. The number of nitrogens with zero attached hydrogens (tertiary/aromatic N) is 4. The molecular weight excluding hydrogens is 304 g/mol. The monoisotopic (exact) mass is 322 g/mol. The van der Waals surface area contributed by atoms with E-state index in [9.17, 15) is 9.90 Å². The van der Waals surface area contributed by atoms with Gasteiger partial charge < -0.3 is 10.0 Å². The van der Waals surface area contributed by atoms with E-state index in [0.717, 1.165) is 5.56 Å². The molecule has 0 fully saturated rings. The summed E-state index contributed by atoms with van der Waals surface area (Å²) < 4.78 is 1.77. The number of hydrogen-bond acceptors (Lipinski definition) is 4. The third-order valence-electron chi connectivity index (χ3n) is 3.64. The average Bonchev–Trinajstić information content (AvgIpc) is 3.16. The van der Waals surface area contributed by atoms with Gasteiger partial charge in [0.1, 0.15) is 12.1 Å². The Balaban J connectivity index is 1.77. The number of benzene rings is 1. The Morgan fingerprint density at radius 1 is 1.17 bits per heavy atom. The second-order valence-corrected chi connectivity index (χ2v) is 5.31. The minimum atomic E-state index is -0.155. The van der Waals surface area contributed by atoms with E-state index in [-0.39, 0.29) is 19.1 Å². The molecule has 3 aromatic rings. The van der Waals surface area contributed by atoms with E-state index < -0.39 is 0 Å². The molecule has 0 saturated heterocycles. The molecule has 1 amide bonds. The average molecular weight is 322 g/mol. The Hall–Kier alpha value is -2.99. The van der Waals surface area contributed by atoms with Crippen LogP contribution in [0.1, 0.15) is 15.9 Å². The number of aliphatic hydroxyl groups excluding tert-OH is 1. The Kier molecular flexibility index (Phi) is 4.98. The SMILES string of the molecule is O=C(c1ccc(-n2ccnc2)nc1)N(CCO)Cc1ccccc1. The molecule has 24 heavy (non-hydrogen) atoms. The van der Waals surface area contributed by atoms with Crippen LogP contribution >= 0.6 is 0 Å². The van der Waals surface area contributed by atoms with Gasteiger partial charge in [0.15, 0.2) is 0 Å². The number of carbonyl (C=O) groups excluding carboxylic acids is 1. The number of hydrogen-bond donors (Lipinski definition) is 1. The van der Waals surface area contributed by atoms with Gasteiger partial charge in [0.2, 0.25) is 0 Å². The normalized spacial score (nSPS) is 10.5. The first-order chi connectivity index (χ1) is 11.8. The highest BCUT2D eigenvalue weighted by Gasteiger charge is 2.16. The molecule has 0 saturated carbocycles. The third kappa shape index (κ3) is 3.67. The highest BCUT2D eigenvalue weighted by atomic mass is 16.3. The molecule has 0 unspecified atom stereocenters. The van der Waals surface area contributed by atoms with E-state index in [2.05, 4.69) is 9.97 Å². The fourth-order valence-corrected chi connectivity index (χ4v) is 2.42. The van der Waals surface area contributed by atoms with Gasteiger partial charge >= 0.3 is 0 Å². The van der Waals surface area contributed by atoms with Crippen LogP contribution in [0, 0.1) is 0 Å². The number of rotatable bonds is 6. The van der Waals surface area contributed by atoms with E-state index >= 15 is 0 Å². The zero-order valence-electron chi connectivity index (χ0n) is 13.1. The largest absolute Gasteiger partial charge is 0.395 e. The predicted octanol–water partition coefficient (Wildman–Crippen LogP) is 1.90. The number of pyridine rings is 1. The van der Waals surface area contributed by atoms with Crippen molar-refractivity contribution in [2.45, 2.75) is 6.54 Å². The minimum absolute atomic E-state index is 0.0842. The van der Waals surface area contributed by atoms with Gasteiger partial charge in [-0.05, 0) is 17.7 Å². The van der Waals surface area contributed by atoms with Gasteiger partial charge in [0.25, 0.3) is 5.91 Å². The summed E-state index contributed by atoms with van der Waals surface area (Å²) in [7, 11) is 0. The molecule has 2 aromatic heterocycles. The maximum Gasteiger partial charge on any atom is 0.255 e. The molecule has 6 heteroatoms. The number of amides is 1. The van der Waals surface area contributed by atoms with E-state index in [1.54, 1.807) is 46.5 Å². The summed E-state index contributed by atoms with van der Waals surface area (Å²) >= 11 is 0. The fourth-order valence-electron chi connectivity index (χ4n) is 2.42. The summed E-state index contributed by atoms with van der Waals surface area (Å²) in [5.74, 6) is 0.540. The molecule has 2 heterocycles. The Morgan fingerprint density at radius 2 is 2.00 bits per heavy atom. The molecule has 0 aliphatic rings. The van der Waals surface area contributed by atoms with E-state index in [0.29, 0.717) is 17.9 Å². The standard InChI is InChI=1S/C18H18N4O2/c23-11-10-21(13-15-4-2-1-3-5-15)18(24)16-6-7-17(20-12-16)22-9-8-19-14-22/h1-9,12,14,23H,10-11,13H2. The summed E-state index contributed by atoms with van der Waals surface area (Å²) in [6, 6.07) is 13.2. The van der Waals surface area contributed by atoms with Gasteiger partial charge in [-0.2, -0.15) is 0 Å². The lowest BCUT2D eigenvalue weighted by atomic mass is 10.2. The van der Waals surface area contributed by atoms with Gasteiger partial charge in [0.05, 0.1) is 12.2 Å². The van der Waals surface area contributed by atoms with E-state index in [4.69, 9.17) is 0 Å². The third-order valence-corrected chi connectivity index (χ3v) is 3.64. The molecule has 122 valence electrons. The van der Waals surface area contributed by atoms with Crippen molar-refractivity contribution in [3.05, 3.63) is 78.5 Å². The van der Waals surface area contributed by atoms with Gasteiger partial charge in [-0.3, -0.25) is 9.36 Å². The van der Waals surface area contributed by atoms with Crippen LogP contribution in [0.4, 0.5) is 0 Å². The lowest BCUT2D eigenvalue weighted by Crippen LogP contribution is -2.33. The van der Waals surface area contributed by atoms with Gasteiger partial charge in [-0.1, -0.05) is 30.3 Å². The molecule has 3 rings (SSSR count). The maximum absolute atomic E-state index is 12.7. The van der Waals surface area contributed by atoms with Crippen molar-refractivity contribution < 1.29 is 9.90 Å². The summed E-state index contributed by atoms with van der Waals surface area (Å²) in [5.41, 5.74) is 1.51. The van der Waals surface area contributed by atoms with Crippen molar-refractivity contribution in [3.63, 3.8) is 0 Å². The molecule has 0 atom stereocenters. The zero-order valence-corrected chi connectivity index (χ0v) is 13.1. The lowest BCUT2D eigenvalue weighted by molar-refractivity contribution is 0.0707. The highest BCUT2D eigenvalue weighted by Crippen LogP contribution is 2.11. The quantitative estimate of drug-likeness (QED) is 0.752. The van der Waals surface area contributed by atoms with Crippen molar-refractivity contribution in [2.75, 3.05) is 13.2 Å². The second kappa shape index (κ2) is 7.52. The van der Waals surface area contributed by atoms with Crippen molar-refractivity contribution in [2.24, 2.45) is 0 Å². The Morgan fingerprint density at radius 3 is 2.62 bits per heavy atom. The molecule has 1 N–H and O–H groups in total. The first kappa shape index (κ1) is 15.9.